The molecule has 8 heteroatoms. The minimum absolute atomic E-state index is 0.0443. The Morgan fingerprint density at radius 3 is 2.44 bits per heavy atom. The predicted molar refractivity (Wildman–Crippen MR) is 119 cm³/mol. The average Bonchev–Trinajstić information content (AvgIpc) is 2.89. The zero-order valence-electron chi connectivity index (χ0n) is 18.0. The van der Waals surface area contributed by atoms with Crippen LogP contribution >= 0.6 is 11.6 Å². The Morgan fingerprint density at radius 1 is 1.06 bits per heavy atom. The standard InChI is InChI=1S/C24H25ClO7/c1-3-5-7-8-13-10-14(27)11-17-22(13)32-23-15(12-26)21(29)20(25)18(16(28)9-6-4-2)19(23)24(30)31-17/h10-12,27,29H,3-9H2,1-2H3. The smallest absolute Gasteiger partial charge is 0.348 e. The third kappa shape index (κ3) is 4.43. The van der Waals surface area contributed by atoms with Gasteiger partial charge in [-0.2, -0.15) is 0 Å². The van der Waals surface area contributed by atoms with E-state index in [1.165, 1.54) is 12.1 Å². The number of carbonyl (C=O) groups excluding carboxylic acids is 3. The first-order chi connectivity index (χ1) is 15.3. The van der Waals surface area contributed by atoms with Gasteiger partial charge >= 0.3 is 5.97 Å². The highest BCUT2D eigenvalue weighted by atomic mass is 35.5. The maximum Gasteiger partial charge on any atom is 0.348 e. The molecule has 2 aromatic rings. The van der Waals surface area contributed by atoms with Crippen LogP contribution in [0, 0.1) is 0 Å². The van der Waals surface area contributed by atoms with Crippen molar-refractivity contribution in [2.24, 2.45) is 0 Å². The monoisotopic (exact) mass is 460 g/mol. The van der Waals surface area contributed by atoms with Gasteiger partial charge in [0.15, 0.2) is 29.3 Å². The Balaban J connectivity index is 2.24. The van der Waals surface area contributed by atoms with Crippen molar-refractivity contribution < 1.29 is 34.1 Å². The number of carbonyl (C=O) groups is 3. The fourth-order valence-electron chi connectivity index (χ4n) is 3.68. The number of esters is 1. The van der Waals surface area contributed by atoms with Gasteiger partial charge in [0.2, 0.25) is 0 Å². The third-order valence-electron chi connectivity index (χ3n) is 5.34. The minimum atomic E-state index is -0.964. The number of fused-ring (bicyclic) bond motifs is 2. The van der Waals surface area contributed by atoms with Crippen molar-refractivity contribution in [3.8, 4) is 28.7 Å². The van der Waals surface area contributed by atoms with Crippen LogP contribution in [0.4, 0.5) is 0 Å². The van der Waals surface area contributed by atoms with Crippen molar-refractivity contribution in [3.05, 3.63) is 39.4 Å². The Kier molecular flexibility index (Phi) is 7.40. The van der Waals surface area contributed by atoms with E-state index in [-0.39, 0.29) is 46.1 Å². The highest BCUT2D eigenvalue weighted by Gasteiger charge is 2.36. The Hall–Kier alpha value is -3.06. The number of aldehydes is 1. The number of hydrogen-bond donors (Lipinski definition) is 2. The van der Waals surface area contributed by atoms with E-state index in [9.17, 15) is 24.6 Å². The van der Waals surface area contributed by atoms with Gasteiger partial charge in [0.1, 0.15) is 22.6 Å². The SMILES string of the molecule is CCCCCc1cc(O)cc2c1Oc1c(C=O)c(O)c(Cl)c(C(=O)CCCC)c1C(=O)O2. The first-order valence-electron chi connectivity index (χ1n) is 10.7. The fourth-order valence-corrected chi connectivity index (χ4v) is 3.98. The topological polar surface area (TPSA) is 110 Å². The number of aromatic hydroxyl groups is 2. The number of hydrogen-bond acceptors (Lipinski definition) is 7. The van der Waals surface area contributed by atoms with Crippen molar-refractivity contribution in [3.63, 3.8) is 0 Å². The number of aryl methyl sites for hydroxylation is 1. The number of phenols is 2. The summed E-state index contributed by atoms with van der Waals surface area (Å²) in [4.78, 5) is 37.8. The fraction of sp³-hybridized carbons (Fsp3) is 0.375. The van der Waals surface area contributed by atoms with Crippen LogP contribution in [0.5, 0.6) is 28.7 Å². The molecule has 0 saturated heterocycles. The highest BCUT2D eigenvalue weighted by molar-refractivity contribution is 6.37. The van der Waals surface area contributed by atoms with E-state index in [1.807, 2.05) is 6.92 Å². The molecule has 0 atom stereocenters. The molecule has 0 bridgehead atoms. The molecule has 0 amide bonds. The maximum atomic E-state index is 13.1. The van der Waals surface area contributed by atoms with Crippen LogP contribution in [0.1, 0.15) is 89.0 Å². The van der Waals surface area contributed by atoms with Gasteiger partial charge in [-0.3, -0.25) is 9.59 Å². The summed E-state index contributed by atoms with van der Waals surface area (Å²) < 4.78 is 11.5. The van der Waals surface area contributed by atoms with Crippen LogP contribution in [-0.2, 0) is 6.42 Å². The van der Waals surface area contributed by atoms with Crippen molar-refractivity contribution in [2.45, 2.75) is 58.8 Å². The van der Waals surface area contributed by atoms with Crippen molar-refractivity contribution in [2.75, 3.05) is 0 Å². The number of rotatable bonds is 9. The van der Waals surface area contributed by atoms with E-state index < -0.39 is 22.5 Å². The number of phenolic OH excluding ortho intramolecular Hbond substituents is 2. The molecule has 0 spiro atoms. The van der Waals surface area contributed by atoms with Gasteiger partial charge in [-0.1, -0.05) is 44.7 Å². The molecule has 0 saturated carbocycles. The molecule has 1 heterocycles. The van der Waals surface area contributed by atoms with E-state index in [0.717, 1.165) is 25.7 Å². The summed E-state index contributed by atoms with van der Waals surface area (Å²) in [6.45, 7) is 3.96. The third-order valence-corrected chi connectivity index (χ3v) is 5.70. The van der Waals surface area contributed by atoms with E-state index in [0.29, 0.717) is 24.7 Å². The van der Waals surface area contributed by atoms with Crippen LogP contribution in [-0.4, -0.2) is 28.3 Å². The van der Waals surface area contributed by atoms with E-state index >= 15 is 0 Å². The number of ether oxygens (including phenoxy) is 2. The van der Waals surface area contributed by atoms with Gasteiger partial charge in [0, 0.05) is 18.1 Å². The molecule has 1 aliphatic heterocycles. The Labute approximate surface area is 190 Å². The summed E-state index contributed by atoms with van der Waals surface area (Å²) in [5.74, 6) is -2.38. The van der Waals surface area contributed by atoms with E-state index in [2.05, 4.69) is 6.92 Å². The molecule has 0 fully saturated rings. The zero-order chi connectivity index (χ0) is 23.4. The van der Waals surface area contributed by atoms with Crippen LogP contribution in [0.15, 0.2) is 12.1 Å². The van der Waals surface area contributed by atoms with Gasteiger partial charge in [-0.25, -0.2) is 4.79 Å². The largest absolute Gasteiger partial charge is 0.508 e. The molecule has 1 aliphatic rings. The summed E-state index contributed by atoms with van der Waals surface area (Å²) in [5, 5.41) is 20.3. The maximum absolute atomic E-state index is 13.1. The minimum Gasteiger partial charge on any atom is -0.508 e. The number of Topliss-reactive ketones (excluding diaryl/α,β-unsaturated/α-hetero) is 1. The second kappa shape index (κ2) is 10.0. The molecule has 2 aromatic carbocycles. The summed E-state index contributed by atoms with van der Waals surface area (Å²) in [6, 6.07) is 2.72. The summed E-state index contributed by atoms with van der Waals surface area (Å²) in [6.07, 6.45) is 4.92. The Bertz CT molecular complexity index is 1070. The number of unbranched alkanes of at least 4 members (excludes halogenated alkanes) is 3. The number of ketones is 1. The molecule has 0 aliphatic carbocycles. The molecular formula is C24H25ClO7. The van der Waals surface area contributed by atoms with Gasteiger partial charge in [-0.15, -0.1) is 0 Å². The second-order valence-electron chi connectivity index (χ2n) is 7.68. The molecule has 32 heavy (non-hydrogen) atoms. The lowest BCUT2D eigenvalue weighted by atomic mass is 9.95. The van der Waals surface area contributed by atoms with Crippen molar-refractivity contribution >= 4 is 29.6 Å². The molecular weight excluding hydrogens is 436 g/mol. The normalized spacial score (nSPS) is 12.3. The molecule has 0 unspecified atom stereocenters. The highest BCUT2D eigenvalue weighted by Crippen LogP contribution is 2.49. The van der Waals surface area contributed by atoms with Crippen LogP contribution in [0.3, 0.4) is 0 Å². The second-order valence-corrected chi connectivity index (χ2v) is 8.06. The van der Waals surface area contributed by atoms with Crippen LogP contribution in [0.2, 0.25) is 5.02 Å². The first-order valence-corrected chi connectivity index (χ1v) is 11.0. The molecule has 7 nitrogen and oxygen atoms in total. The lowest BCUT2D eigenvalue weighted by molar-refractivity contribution is 0.0731. The average molecular weight is 461 g/mol. The van der Waals surface area contributed by atoms with E-state index in [1.54, 1.807) is 0 Å². The van der Waals surface area contributed by atoms with Crippen molar-refractivity contribution in [1.82, 2.24) is 0 Å². The molecule has 2 N–H and O–H groups in total. The van der Waals surface area contributed by atoms with Crippen LogP contribution < -0.4 is 9.47 Å². The lowest BCUT2D eigenvalue weighted by Crippen LogP contribution is -2.16. The zero-order valence-corrected chi connectivity index (χ0v) is 18.8. The van der Waals surface area contributed by atoms with Gasteiger partial charge in [0.05, 0.1) is 10.6 Å². The predicted octanol–water partition coefficient (Wildman–Crippen LogP) is 5.99. The molecule has 0 aromatic heterocycles. The quantitative estimate of drug-likeness (QED) is 0.155. The summed E-state index contributed by atoms with van der Waals surface area (Å²) in [5.41, 5.74) is -0.340. The molecule has 0 radical (unpaired) electrons. The number of benzene rings is 2. The first kappa shape index (κ1) is 23.6. The molecule has 170 valence electrons. The lowest BCUT2D eigenvalue weighted by Gasteiger charge is -2.17. The van der Waals surface area contributed by atoms with Gasteiger partial charge in [-0.05, 0) is 25.3 Å². The number of halogens is 1. The van der Waals surface area contributed by atoms with Crippen molar-refractivity contribution in [1.29, 1.82) is 0 Å². The van der Waals surface area contributed by atoms with Crippen LogP contribution in [0.25, 0.3) is 0 Å². The molecule has 3 rings (SSSR count). The van der Waals surface area contributed by atoms with Gasteiger partial charge in [0.25, 0.3) is 0 Å². The summed E-state index contributed by atoms with van der Waals surface area (Å²) >= 11 is 6.23. The Morgan fingerprint density at radius 2 is 1.78 bits per heavy atom. The van der Waals surface area contributed by atoms with E-state index in [4.69, 9.17) is 21.1 Å². The van der Waals surface area contributed by atoms with Gasteiger partial charge < -0.3 is 19.7 Å². The summed E-state index contributed by atoms with van der Waals surface area (Å²) in [7, 11) is 0.